The number of halogens is 2. The first kappa shape index (κ1) is 16.3. The molecule has 0 saturated carbocycles. The van der Waals surface area contributed by atoms with E-state index in [1.165, 1.54) is 0 Å². The Morgan fingerprint density at radius 2 is 2.00 bits per heavy atom. The van der Waals surface area contributed by atoms with Gasteiger partial charge in [-0.15, -0.1) is 10.2 Å². The maximum absolute atomic E-state index is 6.01. The van der Waals surface area contributed by atoms with E-state index in [1.807, 2.05) is 12.1 Å². The molecular formula is C15H19Cl2N3O. The third-order valence-electron chi connectivity index (χ3n) is 3.17. The van der Waals surface area contributed by atoms with Crippen LogP contribution in [0.4, 0.5) is 0 Å². The van der Waals surface area contributed by atoms with Gasteiger partial charge in [0.05, 0.1) is 22.5 Å². The van der Waals surface area contributed by atoms with Crippen LogP contribution >= 0.6 is 23.2 Å². The van der Waals surface area contributed by atoms with Crippen LogP contribution in [0.3, 0.4) is 0 Å². The van der Waals surface area contributed by atoms with E-state index in [0.29, 0.717) is 28.2 Å². The lowest BCUT2D eigenvalue weighted by Gasteiger charge is -2.11. The van der Waals surface area contributed by atoms with Crippen molar-refractivity contribution in [1.29, 1.82) is 0 Å². The summed E-state index contributed by atoms with van der Waals surface area (Å²) in [6, 6.07) is 5.61. The van der Waals surface area contributed by atoms with Crippen LogP contribution < -0.4 is 5.32 Å². The molecule has 0 saturated heterocycles. The van der Waals surface area contributed by atoms with Crippen LogP contribution in [0.15, 0.2) is 22.6 Å². The molecule has 1 unspecified atom stereocenters. The number of rotatable bonds is 7. The van der Waals surface area contributed by atoms with E-state index in [9.17, 15) is 0 Å². The van der Waals surface area contributed by atoms with E-state index >= 15 is 0 Å². The summed E-state index contributed by atoms with van der Waals surface area (Å²) in [6.45, 7) is 5.16. The second-order valence-corrected chi connectivity index (χ2v) is 5.69. The van der Waals surface area contributed by atoms with Gasteiger partial charge in [0.1, 0.15) is 0 Å². The summed E-state index contributed by atoms with van der Waals surface area (Å²) in [4.78, 5) is 0. The Balaban J connectivity index is 2.06. The SMILES string of the molecule is CCCNC(CC)c1nnc(Cc2ccc(Cl)c(Cl)c2)o1. The van der Waals surface area contributed by atoms with Gasteiger partial charge in [-0.25, -0.2) is 0 Å². The van der Waals surface area contributed by atoms with Gasteiger partial charge in [0, 0.05) is 0 Å². The van der Waals surface area contributed by atoms with Gasteiger partial charge in [-0.1, -0.05) is 43.1 Å². The van der Waals surface area contributed by atoms with Crippen LogP contribution in [0.2, 0.25) is 10.0 Å². The summed E-state index contributed by atoms with van der Waals surface area (Å²) in [5.41, 5.74) is 0.995. The van der Waals surface area contributed by atoms with Crippen molar-refractivity contribution in [2.75, 3.05) is 6.54 Å². The Kier molecular flexibility index (Phi) is 6.03. The van der Waals surface area contributed by atoms with Gasteiger partial charge in [0.15, 0.2) is 0 Å². The molecule has 0 amide bonds. The number of hydrogen-bond donors (Lipinski definition) is 1. The van der Waals surface area contributed by atoms with Gasteiger partial charge in [-0.05, 0) is 37.1 Å². The second kappa shape index (κ2) is 7.78. The molecule has 1 N–H and O–H groups in total. The summed E-state index contributed by atoms with van der Waals surface area (Å²) in [7, 11) is 0. The Morgan fingerprint density at radius 3 is 2.67 bits per heavy atom. The first-order valence-corrected chi connectivity index (χ1v) is 7.89. The fourth-order valence-electron chi connectivity index (χ4n) is 2.03. The fourth-order valence-corrected chi connectivity index (χ4v) is 2.35. The molecule has 0 bridgehead atoms. The molecule has 0 aliphatic rings. The van der Waals surface area contributed by atoms with Crippen molar-refractivity contribution in [3.05, 3.63) is 45.6 Å². The molecule has 114 valence electrons. The highest BCUT2D eigenvalue weighted by Gasteiger charge is 2.16. The van der Waals surface area contributed by atoms with Crippen molar-refractivity contribution in [2.24, 2.45) is 0 Å². The van der Waals surface area contributed by atoms with Crippen molar-refractivity contribution in [2.45, 2.75) is 39.2 Å². The summed E-state index contributed by atoms with van der Waals surface area (Å²) < 4.78 is 5.75. The monoisotopic (exact) mass is 327 g/mol. The van der Waals surface area contributed by atoms with Crippen LogP contribution in [0.1, 0.15) is 50.1 Å². The standard InChI is InChI=1S/C15H19Cl2N3O/c1-3-7-18-13(4-2)15-20-19-14(21-15)9-10-5-6-11(16)12(17)8-10/h5-6,8,13,18H,3-4,7,9H2,1-2H3. The minimum atomic E-state index is 0.111. The highest BCUT2D eigenvalue weighted by atomic mass is 35.5. The molecule has 0 spiro atoms. The lowest BCUT2D eigenvalue weighted by Crippen LogP contribution is -2.21. The Morgan fingerprint density at radius 1 is 1.19 bits per heavy atom. The predicted octanol–water partition coefficient (Wildman–Crippen LogP) is 4.42. The van der Waals surface area contributed by atoms with Gasteiger partial charge in [0.2, 0.25) is 11.8 Å². The molecule has 0 radical (unpaired) electrons. The number of hydrogen-bond acceptors (Lipinski definition) is 4. The summed E-state index contributed by atoms with van der Waals surface area (Å²) in [6.07, 6.45) is 2.53. The third-order valence-corrected chi connectivity index (χ3v) is 3.91. The van der Waals surface area contributed by atoms with Gasteiger partial charge in [0.25, 0.3) is 0 Å². The summed E-state index contributed by atoms with van der Waals surface area (Å²) in [5.74, 6) is 1.22. The Bertz CT molecular complexity index is 586. The molecular weight excluding hydrogens is 309 g/mol. The fraction of sp³-hybridized carbons (Fsp3) is 0.467. The second-order valence-electron chi connectivity index (χ2n) is 4.87. The van der Waals surface area contributed by atoms with E-state index in [4.69, 9.17) is 27.6 Å². The van der Waals surface area contributed by atoms with E-state index in [2.05, 4.69) is 29.4 Å². The molecule has 1 aromatic carbocycles. The average molecular weight is 328 g/mol. The van der Waals surface area contributed by atoms with Crippen LogP contribution in [0.25, 0.3) is 0 Å². The van der Waals surface area contributed by atoms with Crippen molar-refractivity contribution >= 4 is 23.2 Å². The van der Waals surface area contributed by atoms with Gasteiger partial charge in [-0.2, -0.15) is 0 Å². The zero-order valence-electron chi connectivity index (χ0n) is 12.2. The quantitative estimate of drug-likeness (QED) is 0.817. The van der Waals surface area contributed by atoms with Crippen molar-refractivity contribution < 1.29 is 4.42 Å². The van der Waals surface area contributed by atoms with E-state index in [-0.39, 0.29) is 6.04 Å². The first-order valence-electron chi connectivity index (χ1n) is 7.13. The van der Waals surface area contributed by atoms with Crippen LogP contribution in [-0.2, 0) is 6.42 Å². The van der Waals surface area contributed by atoms with Crippen molar-refractivity contribution in [3.63, 3.8) is 0 Å². The van der Waals surface area contributed by atoms with Crippen LogP contribution in [0.5, 0.6) is 0 Å². The third kappa shape index (κ3) is 4.43. The molecule has 2 aromatic rings. The maximum Gasteiger partial charge on any atom is 0.233 e. The van der Waals surface area contributed by atoms with Gasteiger partial charge < -0.3 is 9.73 Å². The lowest BCUT2D eigenvalue weighted by atomic mass is 10.1. The summed E-state index contributed by atoms with van der Waals surface area (Å²) >= 11 is 11.9. The largest absolute Gasteiger partial charge is 0.423 e. The van der Waals surface area contributed by atoms with Crippen molar-refractivity contribution in [3.8, 4) is 0 Å². The minimum absolute atomic E-state index is 0.111. The first-order chi connectivity index (χ1) is 10.1. The molecule has 0 aliphatic heterocycles. The van der Waals surface area contributed by atoms with E-state index in [1.54, 1.807) is 6.07 Å². The smallest absolute Gasteiger partial charge is 0.233 e. The number of nitrogens with zero attached hydrogens (tertiary/aromatic N) is 2. The molecule has 6 heteroatoms. The van der Waals surface area contributed by atoms with E-state index in [0.717, 1.165) is 24.9 Å². The Labute approximate surface area is 134 Å². The number of aromatic nitrogens is 2. The maximum atomic E-state index is 6.01. The van der Waals surface area contributed by atoms with Gasteiger partial charge in [-0.3, -0.25) is 0 Å². The van der Waals surface area contributed by atoms with Crippen LogP contribution in [0, 0.1) is 0 Å². The summed E-state index contributed by atoms with van der Waals surface area (Å²) in [5, 5.41) is 12.7. The lowest BCUT2D eigenvalue weighted by molar-refractivity contribution is 0.376. The number of nitrogens with one attached hydrogen (secondary N) is 1. The number of benzene rings is 1. The molecule has 21 heavy (non-hydrogen) atoms. The molecule has 0 fully saturated rings. The minimum Gasteiger partial charge on any atom is -0.423 e. The molecule has 2 rings (SSSR count). The normalized spacial score (nSPS) is 12.6. The highest BCUT2D eigenvalue weighted by molar-refractivity contribution is 6.42. The Hall–Kier alpha value is -1.10. The molecule has 4 nitrogen and oxygen atoms in total. The predicted molar refractivity (Wildman–Crippen MR) is 84.9 cm³/mol. The average Bonchev–Trinajstić information content (AvgIpc) is 2.92. The zero-order chi connectivity index (χ0) is 15.2. The topological polar surface area (TPSA) is 51.0 Å². The van der Waals surface area contributed by atoms with E-state index < -0.39 is 0 Å². The van der Waals surface area contributed by atoms with Crippen molar-refractivity contribution in [1.82, 2.24) is 15.5 Å². The molecule has 1 aromatic heterocycles. The zero-order valence-corrected chi connectivity index (χ0v) is 13.7. The van der Waals surface area contributed by atoms with Crippen LogP contribution in [-0.4, -0.2) is 16.7 Å². The molecule has 0 aliphatic carbocycles. The molecule has 1 heterocycles. The highest BCUT2D eigenvalue weighted by Crippen LogP contribution is 2.24. The molecule has 1 atom stereocenters. The van der Waals surface area contributed by atoms with Gasteiger partial charge >= 0.3 is 0 Å².